The zero-order valence-electron chi connectivity index (χ0n) is 43.0. The van der Waals surface area contributed by atoms with Crippen LogP contribution in [-0.2, 0) is 35.2 Å². The number of hydrogen-bond donors (Lipinski definition) is 4. The first-order valence-corrected chi connectivity index (χ1v) is 26.6. The number of nitrogens with zero attached hydrogens (tertiary/aromatic N) is 6. The summed E-state index contributed by atoms with van der Waals surface area (Å²) in [5.41, 5.74) is 8.65. The Hall–Kier alpha value is -6.64. The van der Waals surface area contributed by atoms with E-state index in [4.69, 9.17) is 19.2 Å². The van der Waals surface area contributed by atoms with Gasteiger partial charge in [-0.15, -0.1) is 32.9 Å². The van der Waals surface area contributed by atoms with Crippen LogP contribution in [-0.4, -0.2) is 117 Å². The SMILES string of the molecule is Cc1ncsc1-c1ccc(CNC(=O)[C@@H]2C[C@@H](O)CN2C(=O)C(NC(=O)COCCCOCCCOc2ccc(NC(=O)C[C@@H]3N=C(c4ccccc4)c4c(sc(C)c4C)-n4c(C)nnc43)cc2)C(C)(C)C)cc1. The third kappa shape index (κ3) is 13.0. The van der Waals surface area contributed by atoms with Crippen molar-refractivity contribution in [2.75, 3.05) is 44.9 Å². The van der Waals surface area contributed by atoms with E-state index in [1.54, 1.807) is 34.8 Å². The summed E-state index contributed by atoms with van der Waals surface area (Å²) in [5, 5.41) is 29.3. The van der Waals surface area contributed by atoms with Gasteiger partial charge in [0.15, 0.2) is 5.82 Å². The predicted octanol–water partition coefficient (Wildman–Crippen LogP) is 7.61. The van der Waals surface area contributed by atoms with Crippen LogP contribution in [0.5, 0.6) is 5.75 Å². The maximum Gasteiger partial charge on any atom is 0.246 e. The third-order valence-electron chi connectivity index (χ3n) is 13.0. The summed E-state index contributed by atoms with van der Waals surface area (Å²) >= 11 is 3.25. The molecule has 5 heterocycles. The van der Waals surface area contributed by atoms with Crippen molar-refractivity contribution in [3.8, 4) is 21.2 Å². The van der Waals surface area contributed by atoms with E-state index in [2.05, 4.69) is 45.0 Å². The smallest absolute Gasteiger partial charge is 0.246 e. The number of carbonyl (C=O) groups excluding carboxylic acids is 4. The molecule has 19 heteroatoms. The van der Waals surface area contributed by atoms with Gasteiger partial charge in [-0.1, -0.05) is 75.4 Å². The highest BCUT2D eigenvalue weighted by atomic mass is 32.1. The lowest BCUT2D eigenvalue weighted by Crippen LogP contribution is -2.58. The molecule has 6 aromatic rings. The second-order valence-electron chi connectivity index (χ2n) is 19.7. The molecule has 3 aromatic heterocycles. The van der Waals surface area contributed by atoms with E-state index >= 15 is 0 Å². The highest BCUT2D eigenvalue weighted by Crippen LogP contribution is 2.40. The molecule has 0 spiro atoms. The molecular formula is C55H65N9O8S2. The first kappa shape index (κ1) is 53.6. The number of nitrogens with one attached hydrogen (secondary N) is 3. The molecule has 0 saturated carbocycles. The molecule has 74 heavy (non-hydrogen) atoms. The fourth-order valence-corrected chi connectivity index (χ4v) is 11.0. The topological polar surface area (TPSA) is 211 Å². The normalized spacial score (nSPS) is 16.7. The second-order valence-corrected chi connectivity index (χ2v) is 21.8. The molecule has 8 rings (SSSR count). The summed E-state index contributed by atoms with van der Waals surface area (Å²) in [7, 11) is 0. The van der Waals surface area contributed by atoms with E-state index in [-0.39, 0.29) is 51.0 Å². The Kier molecular flexibility index (Phi) is 17.5. The molecule has 2 aliphatic heterocycles. The van der Waals surface area contributed by atoms with Crippen LogP contribution < -0.4 is 20.7 Å². The van der Waals surface area contributed by atoms with Gasteiger partial charge in [0.2, 0.25) is 23.6 Å². The Morgan fingerprint density at radius 3 is 2.27 bits per heavy atom. The number of aliphatic hydroxyl groups is 1. The number of aliphatic imine (C=N–C) groups is 1. The number of fused-ring (bicyclic) bond motifs is 3. The lowest BCUT2D eigenvalue weighted by Gasteiger charge is -2.35. The first-order valence-electron chi connectivity index (χ1n) is 24.9. The van der Waals surface area contributed by atoms with E-state index in [1.807, 2.05) is 111 Å². The van der Waals surface area contributed by atoms with Crippen molar-refractivity contribution in [3.63, 3.8) is 0 Å². The summed E-state index contributed by atoms with van der Waals surface area (Å²) in [5.74, 6) is 0.556. The van der Waals surface area contributed by atoms with Gasteiger partial charge < -0.3 is 40.2 Å². The Balaban J connectivity index is 0.719. The van der Waals surface area contributed by atoms with Gasteiger partial charge >= 0.3 is 0 Å². The molecule has 4 N–H and O–H groups in total. The fourth-order valence-electron chi connectivity index (χ4n) is 9.01. The van der Waals surface area contributed by atoms with Crippen LogP contribution in [0.3, 0.4) is 0 Å². The number of aromatic nitrogens is 4. The summed E-state index contributed by atoms with van der Waals surface area (Å²) < 4.78 is 19.4. The van der Waals surface area contributed by atoms with E-state index in [9.17, 15) is 24.3 Å². The summed E-state index contributed by atoms with van der Waals surface area (Å²) in [6.45, 7) is 15.2. The number of benzene rings is 3. The number of thiazole rings is 1. The summed E-state index contributed by atoms with van der Waals surface area (Å²) in [4.78, 5) is 67.2. The Morgan fingerprint density at radius 1 is 0.851 bits per heavy atom. The van der Waals surface area contributed by atoms with Crippen LogP contribution >= 0.6 is 22.7 Å². The van der Waals surface area contributed by atoms with Gasteiger partial charge in [-0.25, -0.2) is 4.98 Å². The van der Waals surface area contributed by atoms with Crippen molar-refractivity contribution in [2.45, 2.75) is 105 Å². The molecule has 0 aliphatic carbocycles. The number of likely N-dealkylation sites (tertiary alicyclic amines) is 1. The molecule has 2 aliphatic rings. The largest absolute Gasteiger partial charge is 0.494 e. The number of carbonyl (C=O) groups is 4. The quantitative estimate of drug-likeness (QED) is 0.0516. The number of anilines is 1. The van der Waals surface area contributed by atoms with Gasteiger partial charge in [-0.2, -0.15) is 0 Å². The van der Waals surface area contributed by atoms with Gasteiger partial charge in [-0.3, -0.25) is 28.7 Å². The van der Waals surface area contributed by atoms with E-state index in [1.165, 1.54) is 9.78 Å². The zero-order chi connectivity index (χ0) is 52.5. The zero-order valence-corrected chi connectivity index (χ0v) is 44.6. The number of ether oxygens (including phenoxy) is 3. The fraction of sp³-hybridized carbons (Fsp3) is 0.418. The number of thiophene rings is 1. The Labute approximate surface area is 439 Å². The number of amides is 4. The minimum atomic E-state index is -0.960. The summed E-state index contributed by atoms with van der Waals surface area (Å²) in [6.07, 6.45) is 0.496. The molecule has 1 fully saturated rings. The third-order valence-corrected chi connectivity index (χ3v) is 15.2. The summed E-state index contributed by atoms with van der Waals surface area (Å²) in [6, 6.07) is 22.7. The maximum absolute atomic E-state index is 14.0. The number of aryl methyl sites for hydroxylation is 3. The van der Waals surface area contributed by atoms with Crippen molar-refractivity contribution >= 4 is 57.7 Å². The Morgan fingerprint density at radius 2 is 1.57 bits per heavy atom. The standard InChI is InChI=1S/C55H65N9O8S2/c1-33-35(3)74-54-47(33)48(38-13-9-8-10-14-38)59-43(51-62-61-36(4)64(51)54)28-45(66)58-40-19-21-42(22-20-40)72-26-12-24-70-23-11-25-71-31-46(67)60-50(55(5,6)7)53(69)63-30-41(65)27-44(63)52(68)56-29-37-15-17-39(18-16-37)49-34(2)57-32-73-49/h8-10,13-22,32,41,43-44,50,65H,11-12,23-31H2,1-7H3,(H,56,68)(H,58,66)(H,60,67)/t41-,43+,44+,50?/m1/s1. The molecule has 4 amide bonds. The van der Waals surface area contributed by atoms with Crippen LogP contribution in [0.25, 0.3) is 15.4 Å². The maximum atomic E-state index is 14.0. The molecule has 17 nitrogen and oxygen atoms in total. The molecule has 390 valence electrons. The lowest BCUT2D eigenvalue weighted by atomic mass is 9.85. The van der Waals surface area contributed by atoms with E-state index in [0.717, 1.165) is 54.9 Å². The monoisotopic (exact) mass is 1040 g/mol. The first-order chi connectivity index (χ1) is 35.5. The van der Waals surface area contributed by atoms with Gasteiger partial charge in [0.25, 0.3) is 0 Å². The van der Waals surface area contributed by atoms with Crippen molar-refractivity contribution in [1.82, 2.24) is 35.3 Å². The molecule has 0 radical (unpaired) electrons. The van der Waals surface area contributed by atoms with Crippen LogP contribution in [0.2, 0.25) is 0 Å². The minimum Gasteiger partial charge on any atom is -0.494 e. The molecule has 1 saturated heterocycles. The van der Waals surface area contributed by atoms with Gasteiger partial charge in [-0.05, 0) is 80.5 Å². The second kappa shape index (κ2) is 24.1. The highest BCUT2D eigenvalue weighted by molar-refractivity contribution is 7.15. The van der Waals surface area contributed by atoms with Gasteiger partial charge in [0.1, 0.15) is 41.3 Å². The lowest BCUT2D eigenvalue weighted by molar-refractivity contribution is -0.144. The van der Waals surface area contributed by atoms with Crippen molar-refractivity contribution in [3.05, 3.63) is 129 Å². The Bertz CT molecular complexity index is 2950. The van der Waals surface area contributed by atoms with Crippen LogP contribution in [0.4, 0.5) is 5.69 Å². The molecular weight excluding hydrogens is 979 g/mol. The van der Waals surface area contributed by atoms with Gasteiger partial charge in [0.05, 0.1) is 40.9 Å². The van der Waals surface area contributed by atoms with E-state index in [0.29, 0.717) is 49.9 Å². The molecule has 0 bridgehead atoms. The van der Waals surface area contributed by atoms with E-state index < -0.39 is 41.5 Å². The predicted molar refractivity (Wildman–Crippen MR) is 286 cm³/mol. The molecule has 1 unspecified atom stereocenters. The van der Waals surface area contributed by atoms with Crippen LogP contribution in [0, 0.1) is 33.1 Å². The highest BCUT2D eigenvalue weighted by Gasteiger charge is 2.44. The van der Waals surface area contributed by atoms with Crippen molar-refractivity contribution < 1.29 is 38.5 Å². The number of β-amino-alcohol motifs (C(OH)–C–C–N with tert-alkyl or cyclic N) is 1. The average Bonchev–Trinajstić information content (AvgIpc) is 4.15. The van der Waals surface area contributed by atoms with Crippen LogP contribution in [0.15, 0.2) is 89.4 Å². The number of hydrogen-bond acceptors (Lipinski definition) is 14. The van der Waals surface area contributed by atoms with Gasteiger partial charge in [0, 0.05) is 67.4 Å². The molecule has 3 aromatic carbocycles. The number of aliphatic hydroxyl groups excluding tert-OH is 1. The van der Waals surface area contributed by atoms with Crippen LogP contribution in [0.1, 0.15) is 97.0 Å². The minimum absolute atomic E-state index is 0.0153. The number of rotatable bonds is 21. The molecule has 4 atom stereocenters. The average molecular weight is 1040 g/mol. The van der Waals surface area contributed by atoms with Crippen molar-refractivity contribution in [1.29, 1.82) is 0 Å². The van der Waals surface area contributed by atoms with Crippen molar-refractivity contribution in [2.24, 2.45) is 10.4 Å².